The van der Waals surface area contributed by atoms with Crippen LogP contribution in [0.2, 0.25) is 0 Å². The third kappa shape index (κ3) is 3.78. The second kappa shape index (κ2) is 7.46. The Morgan fingerprint density at radius 3 is 2.70 bits per heavy atom. The summed E-state index contributed by atoms with van der Waals surface area (Å²) in [5, 5.41) is 0.770. The molecule has 1 fully saturated rings. The van der Waals surface area contributed by atoms with Crippen LogP contribution in [0, 0.1) is 25.5 Å². The average molecular weight is 391 g/mol. The lowest BCUT2D eigenvalue weighted by atomic mass is 10.2. The Balaban J connectivity index is 1.74. The van der Waals surface area contributed by atoms with E-state index < -0.39 is 11.6 Å². The maximum atomic E-state index is 14.1. The summed E-state index contributed by atoms with van der Waals surface area (Å²) in [6.07, 6.45) is 0. The zero-order chi connectivity index (χ0) is 19.0. The summed E-state index contributed by atoms with van der Waals surface area (Å²) >= 11 is 1.56. The fourth-order valence-corrected chi connectivity index (χ4v) is 4.06. The predicted molar refractivity (Wildman–Crippen MR) is 99.4 cm³/mol. The van der Waals surface area contributed by atoms with Gasteiger partial charge in [-0.1, -0.05) is 0 Å². The highest BCUT2D eigenvalue weighted by atomic mass is 32.1. The minimum atomic E-state index is -0.763. The van der Waals surface area contributed by atoms with Gasteiger partial charge in [-0.15, -0.1) is 11.3 Å². The minimum absolute atomic E-state index is 0.0584. The summed E-state index contributed by atoms with van der Waals surface area (Å²) in [5.41, 5.74) is 1.01. The van der Waals surface area contributed by atoms with Crippen molar-refractivity contribution in [1.82, 2.24) is 14.9 Å². The van der Waals surface area contributed by atoms with E-state index in [0.29, 0.717) is 31.5 Å². The number of benzene rings is 1. The molecule has 1 aliphatic rings. The van der Waals surface area contributed by atoms with Gasteiger partial charge < -0.3 is 9.47 Å². The fourth-order valence-electron chi connectivity index (χ4n) is 3.02. The molecule has 0 bridgehead atoms. The number of ether oxygens (including phenoxy) is 2. The summed E-state index contributed by atoms with van der Waals surface area (Å²) in [7, 11) is 0. The highest BCUT2D eigenvalue weighted by molar-refractivity contribution is 7.18. The molecule has 27 heavy (non-hydrogen) atoms. The Morgan fingerprint density at radius 2 is 1.96 bits per heavy atom. The fraction of sp³-hybridized carbons (Fsp3) is 0.368. The molecule has 3 aromatic rings. The van der Waals surface area contributed by atoms with Crippen molar-refractivity contribution >= 4 is 21.6 Å². The summed E-state index contributed by atoms with van der Waals surface area (Å²) in [4.78, 5) is 13.4. The second-order valence-corrected chi connectivity index (χ2v) is 7.68. The van der Waals surface area contributed by atoms with E-state index in [-0.39, 0.29) is 5.75 Å². The van der Waals surface area contributed by atoms with Crippen LogP contribution in [0.1, 0.15) is 16.3 Å². The maximum absolute atomic E-state index is 14.1. The molecular formula is C19H19F2N3O2S. The average Bonchev–Trinajstić information content (AvgIpc) is 2.92. The molecule has 8 heteroatoms. The first kappa shape index (κ1) is 18.2. The van der Waals surface area contributed by atoms with Gasteiger partial charge in [0, 0.05) is 24.0 Å². The predicted octanol–water partition coefficient (Wildman–Crippen LogP) is 4.21. The molecule has 142 valence electrons. The van der Waals surface area contributed by atoms with Crippen molar-refractivity contribution in [2.75, 3.05) is 26.3 Å². The Morgan fingerprint density at radius 1 is 1.19 bits per heavy atom. The SMILES string of the molecule is Cc1sc2nc(CN3CCOCC3)nc(Oc3ccc(F)cc3F)c2c1C. The number of aromatic nitrogens is 2. The van der Waals surface area contributed by atoms with Crippen molar-refractivity contribution in [3.05, 3.63) is 46.1 Å². The third-order valence-electron chi connectivity index (χ3n) is 4.61. The Kier molecular flexibility index (Phi) is 5.03. The van der Waals surface area contributed by atoms with Gasteiger partial charge in [0.2, 0.25) is 5.88 Å². The van der Waals surface area contributed by atoms with Gasteiger partial charge in [0.1, 0.15) is 16.5 Å². The molecule has 0 spiro atoms. The van der Waals surface area contributed by atoms with Crippen LogP contribution in [0.5, 0.6) is 11.6 Å². The van der Waals surface area contributed by atoms with Crippen molar-refractivity contribution in [2.45, 2.75) is 20.4 Å². The van der Waals surface area contributed by atoms with Gasteiger partial charge in [-0.25, -0.2) is 13.8 Å². The van der Waals surface area contributed by atoms with Crippen molar-refractivity contribution in [2.24, 2.45) is 0 Å². The van der Waals surface area contributed by atoms with Gasteiger partial charge in [0.15, 0.2) is 11.6 Å². The molecule has 0 N–H and O–H groups in total. The topological polar surface area (TPSA) is 47.5 Å². The van der Waals surface area contributed by atoms with Gasteiger partial charge in [0.25, 0.3) is 0 Å². The van der Waals surface area contributed by atoms with Crippen LogP contribution in [0.15, 0.2) is 18.2 Å². The monoisotopic (exact) mass is 391 g/mol. The van der Waals surface area contributed by atoms with E-state index in [0.717, 1.165) is 45.9 Å². The molecular weight excluding hydrogens is 372 g/mol. The van der Waals surface area contributed by atoms with Crippen molar-refractivity contribution in [3.63, 3.8) is 0 Å². The first-order chi connectivity index (χ1) is 13.0. The zero-order valence-corrected chi connectivity index (χ0v) is 15.9. The Bertz CT molecular complexity index is 987. The lowest BCUT2D eigenvalue weighted by molar-refractivity contribution is 0.0330. The van der Waals surface area contributed by atoms with Gasteiger partial charge in [-0.3, -0.25) is 4.90 Å². The number of hydrogen-bond acceptors (Lipinski definition) is 6. The molecule has 0 saturated carbocycles. The van der Waals surface area contributed by atoms with E-state index >= 15 is 0 Å². The molecule has 2 aromatic heterocycles. The van der Waals surface area contributed by atoms with Crippen LogP contribution < -0.4 is 4.74 Å². The Labute approximate surface area is 159 Å². The van der Waals surface area contributed by atoms with Crippen LogP contribution in [0.4, 0.5) is 8.78 Å². The molecule has 0 aliphatic carbocycles. The lowest BCUT2D eigenvalue weighted by Crippen LogP contribution is -2.36. The number of aryl methyl sites for hydroxylation is 2. The molecule has 0 amide bonds. The molecule has 3 heterocycles. The van der Waals surface area contributed by atoms with Crippen molar-refractivity contribution in [1.29, 1.82) is 0 Å². The lowest BCUT2D eigenvalue weighted by Gasteiger charge is -2.25. The molecule has 1 saturated heterocycles. The molecule has 0 unspecified atom stereocenters. The van der Waals surface area contributed by atoms with Crippen LogP contribution in [0.3, 0.4) is 0 Å². The maximum Gasteiger partial charge on any atom is 0.231 e. The van der Waals surface area contributed by atoms with E-state index in [2.05, 4.69) is 14.9 Å². The highest BCUT2D eigenvalue weighted by Crippen LogP contribution is 2.37. The number of rotatable bonds is 4. The quantitative estimate of drug-likeness (QED) is 0.667. The van der Waals surface area contributed by atoms with Crippen LogP contribution in [0.25, 0.3) is 10.2 Å². The largest absolute Gasteiger partial charge is 0.435 e. The first-order valence-corrected chi connectivity index (χ1v) is 9.52. The van der Waals surface area contributed by atoms with E-state index in [9.17, 15) is 8.78 Å². The normalized spacial score (nSPS) is 15.4. The number of thiophene rings is 1. The van der Waals surface area contributed by atoms with Crippen molar-refractivity contribution in [3.8, 4) is 11.6 Å². The number of nitrogens with zero attached hydrogens (tertiary/aromatic N) is 3. The standard InChI is InChI=1S/C19H19F2N3O2S/c1-11-12(2)27-19-17(11)18(26-15-4-3-13(20)9-14(15)21)22-16(23-19)10-24-5-7-25-8-6-24/h3-4,9H,5-8,10H2,1-2H3. The van der Waals surface area contributed by atoms with Crippen LogP contribution in [-0.4, -0.2) is 41.2 Å². The zero-order valence-electron chi connectivity index (χ0n) is 15.1. The third-order valence-corrected chi connectivity index (χ3v) is 5.71. The molecule has 1 aliphatic heterocycles. The van der Waals surface area contributed by atoms with E-state index in [1.807, 2.05) is 13.8 Å². The summed E-state index contributed by atoms with van der Waals surface area (Å²) in [6, 6.07) is 3.24. The number of morpholine rings is 1. The first-order valence-electron chi connectivity index (χ1n) is 8.71. The number of hydrogen-bond donors (Lipinski definition) is 0. The van der Waals surface area contributed by atoms with Gasteiger partial charge in [0.05, 0.1) is 25.1 Å². The highest BCUT2D eigenvalue weighted by Gasteiger charge is 2.20. The molecule has 1 aromatic carbocycles. The second-order valence-electron chi connectivity index (χ2n) is 6.47. The summed E-state index contributed by atoms with van der Waals surface area (Å²) in [6.45, 7) is 7.53. The van der Waals surface area contributed by atoms with Gasteiger partial charge >= 0.3 is 0 Å². The van der Waals surface area contributed by atoms with Crippen LogP contribution in [-0.2, 0) is 11.3 Å². The van der Waals surface area contributed by atoms with Gasteiger partial charge in [-0.2, -0.15) is 4.98 Å². The van der Waals surface area contributed by atoms with E-state index in [4.69, 9.17) is 9.47 Å². The number of fused-ring (bicyclic) bond motifs is 1. The molecule has 0 radical (unpaired) electrons. The molecule has 5 nitrogen and oxygen atoms in total. The summed E-state index contributed by atoms with van der Waals surface area (Å²) < 4.78 is 38.4. The molecule has 4 rings (SSSR count). The summed E-state index contributed by atoms with van der Waals surface area (Å²) in [5.74, 6) is -0.555. The van der Waals surface area contributed by atoms with Crippen LogP contribution >= 0.6 is 11.3 Å². The molecule has 0 atom stereocenters. The van der Waals surface area contributed by atoms with Crippen molar-refractivity contribution < 1.29 is 18.3 Å². The smallest absolute Gasteiger partial charge is 0.231 e. The number of halogens is 2. The van der Waals surface area contributed by atoms with E-state index in [1.165, 1.54) is 6.07 Å². The van der Waals surface area contributed by atoms with Gasteiger partial charge in [-0.05, 0) is 31.5 Å². The van der Waals surface area contributed by atoms with E-state index in [1.54, 1.807) is 11.3 Å². The minimum Gasteiger partial charge on any atom is -0.435 e. The Hall–Kier alpha value is -2.16.